The molecular formula is C10H22N4O2. The second-order valence-electron chi connectivity index (χ2n) is 4.32. The van der Waals surface area contributed by atoms with E-state index in [9.17, 15) is 9.59 Å². The van der Waals surface area contributed by atoms with Gasteiger partial charge in [-0.3, -0.25) is 5.01 Å². The van der Waals surface area contributed by atoms with E-state index in [0.717, 1.165) is 11.3 Å². The highest BCUT2D eigenvalue weighted by atomic mass is 16.2. The van der Waals surface area contributed by atoms with Crippen LogP contribution in [0.5, 0.6) is 0 Å². The molecule has 0 saturated heterocycles. The lowest BCUT2D eigenvalue weighted by Gasteiger charge is -2.27. The van der Waals surface area contributed by atoms with Crippen molar-refractivity contribution in [2.45, 2.75) is 25.8 Å². The summed E-state index contributed by atoms with van der Waals surface area (Å²) in [5.41, 5.74) is -0.840. The van der Waals surface area contributed by atoms with Crippen LogP contribution in [-0.2, 0) is 4.79 Å². The second kappa shape index (κ2) is 6.44. The minimum Gasteiger partial charge on any atom is -0.325 e. The van der Waals surface area contributed by atoms with Crippen LogP contribution in [0.2, 0.25) is 0 Å². The summed E-state index contributed by atoms with van der Waals surface area (Å²) in [6.07, 6.45) is 1.26. The first-order valence-corrected chi connectivity index (χ1v) is 5.30. The number of amides is 2. The fraction of sp³-hybridized carbons (Fsp3) is 0.800. The largest absolute Gasteiger partial charge is 0.332 e. The van der Waals surface area contributed by atoms with E-state index in [1.54, 1.807) is 6.92 Å². The summed E-state index contributed by atoms with van der Waals surface area (Å²) in [5, 5.41) is 3.67. The number of nitrogens with zero attached hydrogens (tertiary/aromatic N) is 2. The van der Waals surface area contributed by atoms with Gasteiger partial charge in [0.2, 0.25) is 0 Å². The van der Waals surface area contributed by atoms with E-state index in [2.05, 4.69) is 5.32 Å². The van der Waals surface area contributed by atoms with Gasteiger partial charge in [-0.2, -0.15) is 0 Å². The summed E-state index contributed by atoms with van der Waals surface area (Å²) in [6.45, 7) is 4.58. The Balaban J connectivity index is 4.19. The maximum absolute atomic E-state index is 11.6. The van der Waals surface area contributed by atoms with Crippen LogP contribution in [0.15, 0.2) is 0 Å². The minimum atomic E-state index is -0.840. The van der Waals surface area contributed by atoms with Crippen LogP contribution in [0, 0.1) is 0 Å². The average molecular weight is 230 g/mol. The second-order valence-corrected chi connectivity index (χ2v) is 4.32. The van der Waals surface area contributed by atoms with Crippen LogP contribution < -0.4 is 11.2 Å². The van der Waals surface area contributed by atoms with Gasteiger partial charge in [0.25, 0.3) is 0 Å². The fourth-order valence-corrected chi connectivity index (χ4v) is 0.927. The zero-order valence-corrected chi connectivity index (χ0v) is 10.5. The molecule has 0 aromatic carbocycles. The van der Waals surface area contributed by atoms with Crippen LogP contribution in [-0.4, -0.2) is 54.9 Å². The van der Waals surface area contributed by atoms with E-state index < -0.39 is 11.6 Å². The number of hydrogen-bond donors (Lipinski definition) is 2. The molecule has 6 heteroatoms. The zero-order valence-electron chi connectivity index (χ0n) is 10.5. The van der Waals surface area contributed by atoms with Crippen molar-refractivity contribution in [3.8, 4) is 0 Å². The van der Waals surface area contributed by atoms with Crippen LogP contribution >= 0.6 is 0 Å². The number of likely N-dealkylation sites (N-methyl/N-ethyl adjacent to an activating group) is 1. The maximum Gasteiger partial charge on any atom is 0.332 e. The number of hydrogen-bond acceptors (Lipinski definition) is 4. The van der Waals surface area contributed by atoms with Crippen LogP contribution in [0.4, 0.5) is 4.79 Å². The van der Waals surface area contributed by atoms with Crippen molar-refractivity contribution in [3.05, 3.63) is 0 Å². The molecule has 0 bridgehead atoms. The molecule has 0 heterocycles. The van der Waals surface area contributed by atoms with Crippen LogP contribution in [0.3, 0.4) is 0 Å². The van der Waals surface area contributed by atoms with Gasteiger partial charge < -0.3 is 15.0 Å². The Hall–Kier alpha value is -1.14. The number of carbonyl (C=O) groups excluding carboxylic acids is 2. The Kier molecular flexibility index (Phi) is 5.98. The first-order chi connectivity index (χ1) is 7.34. The summed E-state index contributed by atoms with van der Waals surface area (Å²) in [6, 6.07) is -0.432. The van der Waals surface area contributed by atoms with Crippen molar-refractivity contribution >= 4 is 12.3 Å². The Morgan fingerprint density at radius 3 is 2.38 bits per heavy atom. The molecule has 6 nitrogen and oxygen atoms in total. The number of urea groups is 1. The average Bonchev–Trinajstić information content (AvgIpc) is 2.25. The zero-order chi connectivity index (χ0) is 12.8. The van der Waals surface area contributed by atoms with Gasteiger partial charge in [0.15, 0.2) is 0 Å². The predicted molar refractivity (Wildman–Crippen MR) is 62.7 cm³/mol. The Bertz CT molecular complexity index is 245. The minimum absolute atomic E-state index is 0.414. The third-order valence-corrected chi connectivity index (χ3v) is 2.44. The smallest absolute Gasteiger partial charge is 0.325 e. The summed E-state index contributed by atoms with van der Waals surface area (Å²) in [5.74, 6) is 5.56. The summed E-state index contributed by atoms with van der Waals surface area (Å²) in [4.78, 5) is 24.3. The SMILES string of the molecule is CC[C@](C)(C=O)NC(=O)N(N)CCN(C)C. The van der Waals surface area contributed by atoms with Gasteiger partial charge in [0, 0.05) is 6.54 Å². The van der Waals surface area contributed by atoms with Crippen molar-refractivity contribution in [1.82, 2.24) is 15.2 Å². The van der Waals surface area contributed by atoms with Crippen molar-refractivity contribution in [2.24, 2.45) is 5.84 Å². The van der Waals surface area contributed by atoms with E-state index in [4.69, 9.17) is 5.84 Å². The molecule has 0 aliphatic carbocycles. The summed E-state index contributed by atoms with van der Waals surface area (Å²) >= 11 is 0. The molecule has 94 valence electrons. The predicted octanol–water partition coefficient (Wildman–Crippen LogP) is -0.199. The molecule has 16 heavy (non-hydrogen) atoms. The lowest BCUT2D eigenvalue weighted by atomic mass is 10.0. The molecule has 1 atom stereocenters. The number of carbonyl (C=O) groups is 2. The summed E-state index contributed by atoms with van der Waals surface area (Å²) < 4.78 is 0. The maximum atomic E-state index is 11.6. The van der Waals surface area contributed by atoms with Gasteiger partial charge in [-0.15, -0.1) is 0 Å². The normalized spacial score (nSPS) is 14.4. The van der Waals surface area contributed by atoms with E-state index in [-0.39, 0.29) is 0 Å². The quantitative estimate of drug-likeness (QED) is 0.287. The van der Waals surface area contributed by atoms with Crippen LogP contribution in [0.25, 0.3) is 0 Å². The Morgan fingerprint density at radius 2 is 2.00 bits per heavy atom. The van der Waals surface area contributed by atoms with Gasteiger partial charge >= 0.3 is 6.03 Å². The lowest BCUT2D eigenvalue weighted by molar-refractivity contribution is -0.112. The number of aldehydes is 1. The van der Waals surface area contributed by atoms with E-state index in [0.29, 0.717) is 19.5 Å². The van der Waals surface area contributed by atoms with Gasteiger partial charge in [-0.25, -0.2) is 10.6 Å². The molecule has 0 aliphatic rings. The highest BCUT2D eigenvalue weighted by Crippen LogP contribution is 2.05. The van der Waals surface area contributed by atoms with Gasteiger partial charge in [-0.05, 0) is 27.4 Å². The fourth-order valence-electron chi connectivity index (χ4n) is 0.927. The molecule has 0 aliphatic heterocycles. The third kappa shape index (κ3) is 5.09. The van der Waals surface area contributed by atoms with E-state index >= 15 is 0 Å². The molecule has 3 N–H and O–H groups in total. The topological polar surface area (TPSA) is 78.7 Å². The number of hydrazine groups is 1. The van der Waals surface area contributed by atoms with Crippen molar-refractivity contribution in [2.75, 3.05) is 27.2 Å². The molecule has 0 aromatic rings. The van der Waals surface area contributed by atoms with Crippen LogP contribution in [0.1, 0.15) is 20.3 Å². The molecule has 0 fully saturated rings. The summed E-state index contributed by atoms with van der Waals surface area (Å²) in [7, 11) is 3.79. The molecule has 0 aromatic heterocycles. The first-order valence-electron chi connectivity index (χ1n) is 5.30. The van der Waals surface area contributed by atoms with E-state index in [1.807, 2.05) is 25.9 Å². The highest BCUT2D eigenvalue weighted by Gasteiger charge is 2.25. The standard InChI is InChI=1S/C10H22N4O2/c1-5-10(2,8-15)12-9(16)14(11)7-6-13(3)4/h8H,5-7,11H2,1-4H3,(H,12,16)/t10-/m1/s1. The van der Waals surface area contributed by atoms with E-state index in [1.165, 1.54) is 0 Å². The number of nitrogens with two attached hydrogens (primary N) is 1. The van der Waals surface area contributed by atoms with Gasteiger partial charge in [-0.1, -0.05) is 6.92 Å². The third-order valence-electron chi connectivity index (χ3n) is 2.44. The Labute approximate surface area is 96.7 Å². The Morgan fingerprint density at radius 1 is 1.44 bits per heavy atom. The molecule has 0 saturated carbocycles. The number of nitrogens with one attached hydrogen (secondary N) is 1. The monoisotopic (exact) mass is 230 g/mol. The molecule has 0 radical (unpaired) electrons. The van der Waals surface area contributed by atoms with Crippen molar-refractivity contribution < 1.29 is 9.59 Å². The number of rotatable bonds is 6. The molecule has 0 spiro atoms. The molecular weight excluding hydrogens is 208 g/mol. The van der Waals surface area contributed by atoms with Gasteiger partial charge in [0.1, 0.15) is 6.29 Å². The van der Waals surface area contributed by atoms with Crippen molar-refractivity contribution in [1.29, 1.82) is 0 Å². The first kappa shape index (κ1) is 14.9. The molecule has 0 unspecified atom stereocenters. The van der Waals surface area contributed by atoms with Gasteiger partial charge in [0.05, 0.1) is 12.1 Å². The highest BCUT2D eigenvalue weighted by molar-refractivity contribution is 5.79. The lowest BCUT2D eigenvalue weighted by Crippen LogP contribution is -2.55. The van der Waals surface area contributed by atoms with Crippen molar-refractivity contribution in [3.63, 3.8) is 0 Å². The molecule has 0 rings (SSSR count). The molecule has 2 amide bonds.